The Kier molecular flexibility index (Phi) is 2.48. The van der Waals surface area contributed by atoms with Gasteiger partial charge in [-0.05, 0) is 0 Å². The number of carbonyl (C=O) groups is 1. The molecule has 4 nitrogen and oxygen atoms in total. The number of rotatable bonds is 1. The van der Waals surface area contributed by atoms with Gasteiger partial charge in [-0.25, -0.2) is 9.97 Å². The van der Waals surface area contributed by atoms with Crippen LogP contribution in [0, 0.1) is 0 Å². The summed E-state index contributed by atoms with van der Waals surface area (Å²) < 4.78 is 0. The maximum atomic E-state index is 11.0. The van der Waals surface area contributed by atoms with E-state index in [9.17, 15) is 4.79 Å². The number of carbonyl (C=O) groups excluding carboxylic acids is 1. The summed E-state index contributed by atoms with van der Waals surface area (Å²) in [4.78, 5) is 21.2. The Hall–Kier alpha value is -1.39. The zero-order chi connectivity index (χ0) is 9.97. The van der Waals surface area contributed by atoms with Gasteiger partial charge in [0.1, 0.15) is 13.6 Å². The number of anilines is 1. The molecule has 2 rings (SSSR count). The van der Waals surface area contributed by atoms with Crippen LogP contribution in [0.25, 0.3) is 0 Å². The minimum atomic E-state index is 0.316. The van der Waals surface area contributed by atoms with Crippen molar-refractivity contribution in [1.29, 1.82) is 0 Å². The Morgan fingerprint density at radius 3 is 2.36 bits per heavy atom. The molecule has 1 saturated heterocycles. The van der Waals surface area contributed by atoms with Gasteiger partial charge in [-0.3, -0.25) is 4.79 Å². The van der Waals surface area contributed by atoms with Crippen LogP contribution in [-0.2, 0) is 4.79 Å². The smallest absolute Gasteiger partial charge is 0.225 e. The highest BCUT2D eigenvalue weighted by molar-refractivity contribution is 6.31. The highest BCUT2D eigenvalue weighted by Gasteiger charge is 2.17. The first-order valence-corrected chi connectivity index (χ1v) is 4.60. The monoisotopic (exact) mass is 187 g/mol. The molecule has 1 aromatic heterocycles. The fourth-order valence-electron chi connectivity index (χ4n) is 1.45. The molecule has 0 saturated carbocycles. The SMILES string of the molecule is [B]c1cnc(N2CCC(=O)CC2)nc1. The van der Waals surface area contributed by atoms with E-state index in [0.29, 0.717) is 43.1 Å². The van der Waals surface area contributed by atoms with E-state index < -0.39 is 0 Å². The van der Waals surface area contributed by atoms with Crippen molar-refractivity contribution >= 4 is 25.0 Å². The second-order valence-corrected chi connectivity index (χ2v) is 3.34. The third kappa shape index (κ3) is 1.92. The number of Topliss-reactive ketones (excluding diaryl/α,β-unsaturated/α-hetero) is 1. The number of nitrogens with zero attached hydrogens (tertiary/aromatic N) is 3. The van der Waals surface area contributed by atoms with Crippen molar-refractivity contribution in [3.05, 3.63) is 12.4 Å². The number of piperidine rings is 1. The molecule has 70 valence electrons. The molecule has 5 heteroatoms. The van der Waals surface area contributed by atoms with Crippen molar-refractivity contribution in [2.75, 3.05) is 18.0 Å². The standard InChI is InChI=1S/C9H10BN3O/c10-7-5-11-9(12-6-7)13-3-1-8(14)2-4-13/h5-6H,1-4H2. The first kappa shape index (κ1) is 9.18. The molecule has 1 fully saturated rings. The molecule has 0 unspecified atom stereocenters. The van der Waals surface area contributed by atoms with Crippen molar-refractivity contribution in [3.8, 4) is 0 Å². The fourth-order valence-corrected chi connectivity index (χ4v) is 1.45. The quantitative estimate of drug-likeness (QED) is 0.553. The lowest BCUT2D eigenvalue weighted by atomic mass is 10.0. The van der Waals surface area contributed by atoms with Gasteiger partial charge in [0.15, 0.2) is 0 Å². The second-order valence-electron chi connectivity index (χ2n) is 3.34. The Balaban J connectivity index is 2.08. The zero-order valence-electron chi connectivity index (χ0n) is 7.81. The van der Waals surface area contributed by atoms with Gasteiger partial charge in [0.25, 0.3) is 0 Å². The predicted molar refractivity (Wildman–Crippen MR) is 53.9 cm³/mol. The predicted octanol–water partition coefficient (Wildman–Crippen LogP) is -0.560. The van der Waals surface area contributed by atoms with Gasteiger partial charge in [-0.2, -0.15) is 0 Å². The lowest BCUT2D eigenvalue weighted by molar-refractivity contribution is -0.119. The van der Waals surface area contributed by atoms with Gasteiger partial charge in [-0.15, -0.1) is 0 Å². The van der Waals surface area contributed by atoms with Crippen LogP contribution >= 0.6 is 0 Å². The van der Waals surface area contributed by atoms with E-state index in [0.717, 1.165) is 0 Å². The fraction of sp³-hybridized carbons (Fsp3) is 0.444. The number of hydrogen-bond donors (Lipinski definition) is 0. The molecule has 0 amide bonds. The van der Waals surface area contributed by atoms with E-state index in [1.54, 1.807) is 12.4 Å². The molecule has 0 N–H and O–H groups in total. The Bertz CT molecular complexity index is 328. The number of aromatic nitrogens is 2. The molecule has 0 aromatic carbocycles. The molecule has 1 aliphatic heterocycles. The van der Waals surface area contributed by atoms with Gasteiger partial charge < -0.3 is 4.90 Å². The van der Waals surface area contributed by atoms with Crippen LogP contribution in [0.3, 0.4) is 0 Å². The van der Waals surface area contributed by atoms with Crippen LogP contribution < -0.4 is 10.4 Å². The minimum Gasteiger partial charge on any atom is -0.340 e. The number of hydrogen-bond acceptors (Lipinski definition) is 4. The molecular weight excluding hydrogens is 177 g/mol. The van der Waals surface area contributed by atoms with Crippen LogP contribution in [-0.4, -0.2) is 36.7 Å². The number of ketones is 1. The van der Waals surface area contributed by atoms with E-state index in [1.165, 1.54) is 0 Å². The lowest BCUT2D eigenvalue weighted by Gasteiger charge is -2.25. The van der Waals surface area contributed by atoms with E-state index in [-0.39, 0.29) is 0 Å². The van der Waals surface area contributed by atoms with Gasteiger partial charge >= 0.3 is 0 Å². The summed E-state index contributed by atoms with van der Waals surface area (Å²) in [7, 11) is 5.48. The third-order valence-corrected chi connectivity index (χ3v) is 2.26. The summed E-state index contributed by atoms with van der Waals surface area (Å²) in [6.45, 7) is 1.42. The summed E-state index contributed by atoms with van der Waals surface area (Å²) >= 11 is 0. The summed E-state index contributed by atoms with van der Waals surface area (Å²) in [5, 5.41) is 0. The van der Waals surface area contributed by atoms with Crippen molar-refractivity contribution in [1.82, 2.24) is 9.97 Å². The van der Waals surface area contributed by atoms with Crippen LogP contribution in [0.4, 0.5) is 5.95 Å². The van der Waals surface area contributed by atoms with Crippen LogP contribution in [0.2, 0.25) is 0 Å². The average Bonchev–Trinajstić information content (AvgIpc) is 2.21. The first-order chi connectivity index (χ1) is 6.75. The summed E-state index contributed by atoms with van der Waals surface area (Å²) in [6.07, 6.45) is 4.35. The van der Waals surface area contributed by atoms with Crippen LogP contribution in [0.15, 0.2) is 12.4 Å². The summed E-state index contributed by atoms with van der Waals surface area (Å²) in [6, 6.07) is 0. The molecule has 1 aromatic rings. The van der Waals surface area contributed by atoms with E-state index in [4.69, 9.17) is 7.85 Å². The van der Waals surface area contributed by atoms with Gasteiger partial charge in [0, 0.05) is 38.3 Å². The molecular formula is C9H10BN3O. The molecule has 2 radical (unpaired) electrons. The van der Waals surface area contributed by atoms with Gasteiger partial charge in [-0.1, -0.05) is 5.46 Å². The normalized spacial score (nSPS) is 17.1. The molecule has 0 bridgehead atoms. The zero-order valence-corrected chi connectivity index (χ0v) is 7.81. The highest BCUT2D eigenvalue weighted by Crippen LogP contribution is 2.11. The Morgan fingerprint density at radius 1 is 1.21 bits per heavy atom. The Labute approximate surface area is 83.8 Å². The molecule has 2 heterocycles. The van der Waals surface area contributed by atoms with Crippen molar-refractivity contribution in [2.24, 2.45) is 0 Å². The lowest BCUT2D eigenvalue weighted by Crippen LogP contribution is -2.35. The van der Waals surface area contributed by atoms with Gasteiger partial charge in [0.2, 0.25) is 5.95 Å². The molecule has 0 spiro atoms. The summed E-state index contributed by atoms with van der Waals surface area (Å²) in [5.74, 6) is 0.975. The molecule has 0 aliphatic carbocycles. The highest BCUT2D eigenvalue weighted by atomic mass is 16.1. The maximum Gasteiger partial charge on any atom is 0.225 e. The minimum absolute atomic E-state index is 0.316. The molecule has 1 aliphatic rings. The maximum absolute atomic E-state index is 11.0. The first-order valence-electron chi connectivity index (χ1n) is 4.60. The summed E-state index contributed by atoms with van der Waals surface area (Å²) in [5.41, 5.74) is 0.557. The van der Waals surface area contributed by atoms with Crippen LogP contribution in [0.5, 0.6) is 0 Å². The average molecular weight is 187 g/mol. The van der Waals surface area contributed by atoms with Crippen LogP contribution in [0.1, 0.15) is 12.8 Å². The van der Waals surface area contributed by atoms with Crippen molar-refractivity contribution in [3.63, 3.8) is 0 Å². The van der Waals surface area contributed by atoms with E-state index >= 15 is 0 Å². The largest absolute Gasteiger partial charge is 0.340 e. The van der Waals surface area contributed by atoms with Crippen molar-refractivity contribution in [2.45, 2.75) is 12.8 Å². The van der Waals surface area contributed by atoms with Gasteiger partial charge in [0.05, 0.1) is 0 Å². The van der Waals surface area contributed by atoms with E-state index in [2.05, 4.69) is 9.97 Å². The Morgan fingerprint density at radius 2 is 1.79 bits per heavy atom. The van der Waals surface area contributed by atoms with Crippen molar-refractivity contribution < 1.29 is 4.79 Å². The third-order valence-electron chi connectivity index (χ3n) is 2.26. The topological polar surface area (TPSA) is 46.1 Å². The molecule has 14 heavy (non-hydrogen) atoms. The van der Waals surface area contributed by atoms with E-state index in [1.807, 2.05) is 4.90 Å². The molecule has 0 atom stereocenters. The second kappa shape index (κ2) is 3.78.